The number of piperazine rings is 1. The number of ether oxygens (including phenoxy) is 1. The molecule has 176 valence electrons. The van der Waals surface area contributed by atoms with Gasteiger partial charge >= 0.3 is 0 Å². The third-order valence-electron chi connectivity index (χ3n) is 6.38. The molecule has 2 aliphatic rings. The smallest absolute Gasteiger partial charge is 0.248 e. The molecule has 2 aliphatic heterocycles. The largest absolute Gasteiger partial charge is 0.489 e. The van der Waals surface area contributed by atoms with E-state index in [-0.39, 0.29) is 12.3 Å². The van der Waals surface area contributed by atoms with Gasteiger partial charge in [0.05, 0.1) is 5.92 Å². The second kappa shape index (κ2) is 10.2. The first-order valence-corrected chi connectivity index (χ1v) is 11.1. The molecule has 2 unspecified atom stereocenters. The molecule has 0 aromatic heterocycles. The van der Waals surface area contributed by atoms with Crippen LogP contribution in [0.3, 0.4) is 0 Å². The summed E-state index contributed by atoms with van der Waals surface area (Å²) in [6.45, 7) is 2.90. The molecular weight excluding hydrogens is 427 g/mol. The van der Waals surface area contributed by atoms with Crippen LogP contribution in [0.25, 0.3) is 0 Å². The van der Waals surface area contributed by atoms with Gasteiger partial charge < -0.3 is 14.5 Å². The maximum Gasteiger partial charge on any atom is 0.248 e. The van der Waals surface area contributed by atoms with Crippen molar-refractivity contribution >= 4 is 17.5 Å². The minimum atomic E-state index is -0.799. The van der Waals surface area contributed by atoms with Gasteiger partial charge in [0.2, 0.25) is 11.8 Å². The van der Waals surface area contributed by atoms with Crippen molar-refractivity contribution in [2.75, 3.05) is 44.7 Å². The van der Waals surface area contributed by atoms with Crippen molar-refractivity contribution < 1.29 is 23.9 Å². The fraction of sp³-hybridized carbons (Fsp3) is 0.417. The molecule has 2 amide bonds. The van der Waals surface area contributed by atoms with Crippen LogP contribution in [0.5, 0.6) is 5.75 Å². The number of carbonyl (C=O) groups is 2. The van der Waals surface area contributed by atoms with E-state index in [9.17, 15) is 19.2 Å². The van der Waals surface area contributed by atoms with Crippen LogP contribution in [0.1, 0.15) is 6.42 Å². The van der Waals surface area contributed by atoms with E-state index in [0.29, 0.717) is 38.5 Å². The Kier molecular flexibility index (Phi) is 7.10. The Morgan fingerprint density at radius 1 is 1.06 bits per heavy atom. The summed E-state index contributed by atoms with van der Waals surface area (Å²) in [5, 5.41) is 9.32. The number of rotatable bonds is 5. The van der Waals surface area contributed by atoms with Gasteiger partial charge in [-0.05, 0) is 37.7 Å². The Morgan fingerprint density at radius 2 is 1.79 bits per heavy atom. The standard InChI is InChI=1S/C24H29FN4O4/c1-27-16-20(33-19-9-5-6-17(25)14-19)15-21(23(30)26-32)22(27)24(31)29-12-10-28(11-13-29)18-7-3-2-4-8-18/h2-9,14,20-22,32H,10-13,15-16H2,1H3,(H,26,30)/t20-,21?,22?/m0/s1. The number of likely N-dealkylation sites (N-methyl/N-ethyl adjacent to an activating group) is 1. The maximum atomic E-state index is 13.5. The number of nitrogens with zero attached hydrogens (tertiary/aromatic N) is 3. The number of hydroxylamine groups is 1. The molecule has 2 heterocycles. The molecule has 2 N–H and O–H groups in total. The van der Waals surface area contributed by atoms with Gasteiger partial charge in [0.15, 0.2) is 0 Å². The molecule has 8 nitrogen and oxygen atoms in total. The molecule has 0 bridgehead atoms. The van der Waals surface area contributed by atoms with Crippen molar-refractivity contribution in [2.45, 2.75) is 18.6 Å². The van der Waals surface area contributed by atoms with Crippen LogP contribution in [0, 0.1) is 11.7 Å². The minimum Gasteiger partial charge on any atom is -0.489 e. The first-order valence-electron chi connectivity index (χ1n) is 11.1. The van der Waals surface area contributed by atoms with Gasteiger partial charge in [-0.25, -0.2) is 9.87 Å². The van der Waals surface area contributed by atoms with E-state index in [1.54, 1.807) is 34.5 Å². The summed E-state index contributed by atoms with van der Waals surface area (Å²) in [6, 6.07) is 15.1. The zero-order valence-electron chi connectivity index (χ0n) is 18.6. The number of anilines is 1. The molecule has 0 saturated carbocycles. The Balaban J connectivity index is 1.43. The van der Waals surface area contributed by atoms with Gasteiger partial charge in [-0.2, -0.15) is 0 Å². The zero-order valence-corrected chi connectivity index (χ0v) is 18.6. The lowest BCUT2D eigenvalue weighted by molar-refractivity contribution is -0.151. The highest BCUT2D eigenvalue weighted by atomic mass is 19.1. The molecule has 0 spiro atoms. The van der Waals surface area contributed by atoms with Gasteiger partial charge in [-0.3, -0.25) is 19.7 Å². The topological polar surface area (TPSA) is 85.3 Å². The lowest BCUT2D eigenvalue weighted by Gasteiger charge is -2.44. The molecule has 2 saturated heterocycles. The number of halogens is 1. The van der Waals surface area contributed by atoms with Crippen molar-refractivity contribution in [3.63, 3.8) is 0 Å². The van der Waals surface area contributed by atoms with Crippen LogP contribution < -0.4 is 15.1 Å². The van der Waals surface area contributed by atoms with E-state index in [1.807, 2.05) is 30.3 Å². The Bertz CT molecular complexity index is 968. The highest BCUT2D eigenvalue weighted by molar-refractivity contribution is 5.90. The first kappa shape index (κ1) is 23.0. The average Bonchev–Trinajstić information content (AvgIpc) is 2.83. The van der Waals surface area contributed by atoms with E-state index < -0.39 is 29.8 Å². The third kappa shape index (κ3) is 5.26. The lowest BCUT2D eigenvalue weighted by Crippen LogP contribution is -2.62. The van der Waals surface area contributed by atoms with E-state index in [4.69, 9.17) is 4.74 Å². The van der Waals surface area contributed by atoms with Crippen LogP contribution in [0.4, 0.5) is 10.1 Å². The molecule has 2 aromatic carbocycles. The zero-order chi connectivity index (χ0) is 23.4. The van der Waals surface area contributed by atoms with Crippen molar-refractivity contribution in [1.82, 2.24) is 15.3 Å². The van der Waals surface area contributed by atoms with Gasteiger partial charge in [0.25, 0.3) is 0 Å². The molecule has 9 heteroatoms. The van der Waals surface area contributed by atoms with Crippen molar-refractivity contribution in [3.05, 3.63) is 60.4 Å². The summed E-state index contributed by atoms with van der Waals surface area (Å²) in [5.74, 6) is -1.62. The quantitative estimate of drug-likeness (QED) is 0.527. The molecule has 0 aliphatic carbocycles. The molecule has 4 rings (SSSR count). The minimum absolute atomic E-state index is 0.136. The second-order valence-corrected chi connectivity index (χ2v) is 8.55. The monoisotopic (exact) mass is 456 g/mol. The number of hydrogen-bond acceptors (Lipinski definition) is 6. The molecular formula is C24H29FN4O4. The SMILES string of the molecule is CN1C[C@@H](Oc2cccc(F)c2)CC(C(=O)NO)C1C(=O)N1CCN(c2ccccc2)CC1. The van der Waals surface area contributed by atoms with Gasteiger partial charge in [0.1, 0.15) is 23.7 Å². The van der Waals surface area contributed by atoms with Gasteiger partial charge in [0, 0.05) is 44.5 Å². The summed E-state index contributed by atoms with van der Waals surface area (Å²) < 4.78 is 19.4. The predicted molar refractivity (Wildman–Crippen MR) is 121 cm³/mol. The Labute approximate surface area is 192 Å². The summed E-state index contributed by atoms with van der Waals surface area (Å²) in [4.78, 5) is 31.8. The summed E-state index contributed by atoms with van der Waals surface area (Å²) in [7, 11) is 1.77. The molecule has 2 aromatic rings. The number of likely N-dealkylation sites (tertiary alicyclic amines) is 1. The Hall–Kier alpha value is -3.17. The fourth-order valence-electron chi connectivity index (χ4n) is 4.75. The fourth-order valence-corrected chi connectivity index (χ4v) is 4.75. The number of carbonyl (C=O) groups excluding carboxylic acids is 2. The predicted octanol–water partition coefficient (Wildman–Crippen LogP) is 1.75. The van der Waals surface area contributed by atoms with E-state index in [2.05, 4.69) is 4.90 Å². The van der Waals surface area contributed by atoms with E-state index in [1.165, 1.54) is 12.1 Å². The normalized spacial score (nSPS) is 23.8. The lowest BCUT2D eigenvalue weighted by atomic mass is 9.86. The van der Waals surface area contributed by atoms with Crippen molar-refractivity contribution in [1.29, 1.82) is 0 Å². The number of hydrogen-bond donors (Lipinski definition) is 2. The number of amides is 2. The number of benzene rings is 2. The van der Waals surface area contributed by atoms with Crippen LogP contribution >= 0.6 is 0 Å². The number of nitrogens with one attached hydrogen (secondary N) is 1. The third-order valence-corrected chi connectivity index (χ3v) is 6.38. The highest BCUT2D eigenvalue weighted by Crippen LogP contribution is 2.28. The molecule has 2 fully saturated rings. The van der Waals surface area contributed by atoms with Crippen LogP contribution in [0.15, 0.2) is 54.6 Å². The summed E-state index contributed by atoms with van der Waals surface area (Å²) in [5.41, 5.74) is 2.82. The van der Waals surface area contributed by atoms with Crippen molar-refractivity contribution in [3.8, 4) is 5.75 Å². The number of para-hydroxylation sites is 1. The summed E-state index contributed by atoms with van der Waals surface area (Å²) in [6.07, 6.45) is -0.203. The molecule has 33 heavy (non-hydrogen) atoms. The van der Waals surface area contributed by atoms with Gasteiger partial charge in [-0.1, -0.05) is 24.3 Å². The average molecular weight is 457 g/mol. The van der Waals surface area contributed by atoms with Crippen LogP contribution in [0.2, 0.25) is 0 Å². The van der Waals surface area contributed by atoms with Gasteiger partial charge in [-0.15, -0.1) is 0 Å². The van der Waals surface area contributed by atoms with E-state index in [0.717, 1.165) is 5.69 Å². The van der Waals surface area contributed by atoms with Crippen LogP contribution in [-0.4, -0.2) is 78.7 Å². The maximum absolute atomic E-state index is 13.5. The van der Waals surface area contributed by atoms with Crippen LogP contribution in [-0.2, 0) is 9.59 Å². The molecule has 3 atom stereocenters. The van der Waals surface area contributed by atoms with Crippen molar-refractivity contribution in [2.24, 2.45) is 5.92 Å². The first-order chi connectivity index (χ1) is 16.0. The molecule has 0 radical (unpaired) electrons. The highest BCUT2D eigenvalue weighted by Gasteiger charge is 2.45. The summed E-state index contributed by atoms with van der Waals surface area (Å²) >= 11 is 0. The number of piperidine rings is 1. The van der Waals surface area contributed by atoms with E-state index >= 15 is 0 Å². The Morgan fingerprint density at radius 3 is 2.45 bits per heavy atom. The second-order valence-electron chi connectivity index (χ2n) is 8.55.